The molecule has 0 aromatic rings. The highest BCUT2D eigenvalue weighted by Gasteiger charge is 2.11. The second-order valence-corrected chi connectivity index (χ2v) is 2.59. The van der Waals surface area contributed by atoms with Gasteiger partial charge in [-0.1, -0.05) is 6.92 Å². The van der Waals surface area contributed by atoms with E-state index in [0.29, 0.717) is 6.42 Å². The van der Waals surface area contributed by atoms with Crippen LogP contribution in [0.3, 0.4) is 0 Å². The maximum atomic E-state index is 10.7. The third kappa shape index (κ3) is 6.10. The second-order valence-electron chi connectivity index (χ2n) is 2.59. The molecular weight excluding hydrogens is 174 g/mol. The van der Waals surface area contributed by atoms with Crippen LogP contribution >= 0.6 is 0 Å². The number of carbonyl (C=O) groups excluding carboxylic acids is 2. The molecule has 0 heterocycles. The van der Waals surface area contributed by atoms with E-state index >= 15 is 0 Å². The fraction of sp³-hybridized carbons (Fsp3) is 0.750. The van der Waals surface area contributed by atoms with E-state index in [1.807, 2.05) is 0 Å². The molecule has 0 aromatic heterocycles. The molecule has 0 saturated carbocycles. The number of aliphatic hydroxyl groups is 1. The minimum Gasteiger partial charge on any atom is -0.469 e. The van der Waals surface area contributed by atoms with Crippen molar-refractivity contribution in [2.45, 2.75) is 25.9 Å². The highest BCUT2D eigenvalue weighted by atomic mass is 16.5. The zero-order chi connectivity index (χ0) is 10.3. The Hall–Kier alpha value is -1.10. The Bertz CT molecular complexity index is 181. The lowest BCUT2D eigenvalue weighted by atomic mass is 10.2. The van der Waals surface area contributed by atoms with Gasteiger partial charge in [0, 0.05) is 13.0 Å². The van der Waals surface area contributed by atoms with Gasteiger partial charge in [-0.2, -0.15) is 0 Å². The molecule has 0 saturated heterocycles. The molecule has 1 atom stereocenters. The van der Waals surface area contributed by atoms with Crippen molar-refractivity contribution < 1.29 is 19.4 Å². The zero-order valence-corrected chi connectivity index (χ0v) is 7.87. The van der Waals surface area contributed by atoms with Gasteiger partial charge < -0.3 is 15.2 Å². The number of ether oxygens (including phenoxy) is 1. The minimum absolute atomic E-state index is 0.0851. The Morgan fingerprint density at radius 1 is 1.54 bits per heavy atom. The number of hydrogen-bond donors (Lipinski definition) is 2. The van der Waals surface area contributed by atoms with Crippen LogP contribution in [0, 0.1) is 0 Å². The lowest BCUT2D eigenvalue weighted by molar-refractivity contribution is -0.143. The highest BCUT2D eigenvalue weighted by molar-refractivity contribution is 5.75. The summed E-state index contributed by atoms with van der Waals surface area (Å²) in [5.41, 5.74) is 0. The average Bonchev–Trinajstić information content (AvgIpc) is 2.13. The zero-order valence-electron chi connectivity index (χ0n) is 7.87. The van der Waals surface area contributed by atoms with E-state index in [-0.39, 0.29) is 18.9 Å². The molecule has 0 fully saturated rings. The topological polar surface area (TPSA) is 75.6 Å². The summed E-state index contributed by atoms with van der Waals surface area (Å²) >= 11 is 0. The Morgan fingerprint density at radius 2 is 2.15 bits per heavy atom. The molecular formula is C8H15NO4. The van der Waals surface area contributed by atoms with Gasteiger partial charge in [-0.15, -0.1) is 0 Å². The van der Waals surface area contributed by atoms with Crippen LogP contribution in [0.4, 0.5) is 0 Å². The molecule has 0 aliphatic carbocycles. The van der Waals surface area contributed by atoms with Crippen molar-refractivity contribution in [2.75, 3.05) is 13.7 Å². The Labute approximate surface area is 77.1 Å². The molecule has 2 N–H and O–H groups in total. The van der Waals surface area contributed by atoms with Gasteiger partial charge in [-0.05, 0) is 0 Å². The van der Waals surface area contributed by atoms with Crippen LogP contribution in [0.25, 0.3) is 0 Å². The van der Waals surface area contributed by atoms with Crippen molar-refractivity contribution in [3.63, 3.8) is 0 Å². The lowest BCUT2D eigenvalue weighted by Crippen LogP contribution is -2.32. The molecule has 13 heavy (non-hydrogen) atoms. The summed E-state index contributed by atoms with van der Waals surface area (Å²) in [5.74, 6) is -0.637. The summed E-state index contributed by atoms with van der Waals surface area (Å²) in [6, 6.07) is 0. The molecule has 1 amide bonds. The van der Waals surface area contributed by atoms with E-state index in [2.05, 4.69) is 10.1 Å². The summed E-state index contributed by atoms with van der Waals surface area (Å²) in [6.07, 6.45) is -0.603. The van der Waals surface area contributed by atoms with Crippen LogP contribution < -0.4 is 5.32 Å². The normalized spacial score (nSPS) is 11.9. The second kappa shape index (κ2) is 6.42. The number of amides is 1. The Kier molecular flexibility index (Phi) is 5.88. The first kappa shape index (κ1) is 11.9. The van der Waals surface area contributed by atoms with Crippen LogP contribution in [0.1, 0.15) is 19.8 Å². The predicted molar refractivity (Wildman–Crippen MR) is 45.9 cm³/mol. The lowest BCUT2D eigenvalue weighted by Gasteiger charge is -2.09. The number of esters is 1. The van der Waals surface area contributed by atoms with E-state index in [4.69, 9.17) is 0 Å². The van der Waals surface area contributed by atoms with Gasteiger partial charge in [0.1, 0.15) is 0 Å². The van der Waals surface area contributed by atoms with E-state index in [1.165, 1.54) is 7.11 Å². The van der Waals surface area contributed by atoms with Crippen molar-refractivity contribution in [3.8, 4) is 0 Å². The van der Waals surface area contributed by atoms with E-state index < -0.39 is 12.1 Å². The molecule has 0 rings (SSSR count). The van der Waals surface area contributed by atoms with Crippen molar-refractivity contribution >= 4 is 11.9 Å². The fourth-order valence-corrected chi connectivity index (χ4v) is 0.705. The van der Waals surface area contributed by atoms with Crippen LogP contribution in [-0.4, -0.2) is 36.7 Å². The van der Waals surface area contributed by atoms with Crippen LogP contribution in [-0.2, 0) is 14.3 Å². The van der Waals surface area contributed by atoms with Crippen molar-refractivity contribution in [1.29, 1.82) is 0 Å². The maximum absolute atomic E-state index is 10.7. The molecule has 0 spiro atoms. The standard InChI is InChI=1S/C8H15NO4/c1-3-7(11)9-5-6(10)4-8(12)13-2/h6,10H,3-5H2,1-2H3,(H,9,11). The van der Waals surface area contributed by atoms with Crippen LogP contribution in [0.5, 0.6) is 0 Å². The van der Waals surface area contributed by atoms with Gasteiger partial charge in [0.05, 0.1) is 19.6 Å². The first-order chi connectivity index (χ1) is 6.10. The summed E-state index contributed by atoms with van der Waals surface area (Å²) in [5, 5.41) is 11.6. The predicted octanol–water partition coefficient (Wildman–Crippen LogP) is -0.563. The molecule has 0 aromatic carbocycles. The Morgan fingerprint density at radius 3 is 2.62 bits per heavy atom. The van der Waals surface area contributed by atoms with E-state index in [9.17, 15) is 14.7 Å². The van der Waals surface area contributed by atoms with Gasteiger partial charge in [0.2, 0.25) is 5.91 Å². The van der Waals surface area contributed by atoms with Crippen molar-refractivity contribution in [2.24, 2.45) is 0 Å². The van der Waals surface area contributed by atoms with Gasteiger partial charge in [0.15, 0.2) is 0 Å². The monoisotopic (exact) mass is 189 g/mol. The van der Waals surface area contributed by atoms with Gasteiger partial charge >= 0.3 is 5.97 Å². The van der Waals surface area contributed by atoms with Crippen LogP contribution in [0.15, 0.2) is 0 Å². The average molecular weight is 189 g/mol. The Balaban J connectivity index is 3.56. The van der Waals surface area contributed by atoms with E-state index in [0.717, 1.165) is 0 Å². The molecule has 76 valence electrons. The van der Waals surface area contributed by atoms with Gasteiger partial charge in [-0.3, -0.25) is 9.59 Å². The number of aliphatic hydroxyl groups excluding tert-OH is 1. The molecule has 5 nitrogen and oxygen atoms in total. The van der Waals surface area contributed by atoms with Crippen molar-refractivity contribution in [3.05, 3.63) is 0 Å². The summed E-state index contributed by atoms with van der Waals surface area (Å²) in [4.78, 5) is 21.4. The third-order valence-corrected chi connectivity index (χ3v) is 1.49. The molecule has 0 bridgehead atoms. The third-order valence-electron chi connectivity index (χ3n) is 1.49. The quantitative estimate of drug-likeness (QED) is 0.568. The van der Waals surface area contributed by atoms with Crippen molar-refractivity contribution in [1.82, 2.24) is 5.32 Å². The largest absolute Gasteiger partial charge is 0.469 e. The summed E-state index contributed by atoms with van der Waals surface area (Å²) in [6.45, 7) is 1.80. The van der Waals surface area contributed by atoms with Gasteiger partial charge in [0.25, 0.3) is 0 Å². The first-order valence-electron chi connectivity index (χ1n) is 4.11. The number of carbonyl (C=O) groups is 2. The number of rotatable bonds is 5. The molecule has 5 heteroatoms. The molecule has 0 aliphatic rings. The highest BCUT2D eigenvalue weighted by Crippen LogP contribution is 1.92. The number of methoxy groups -OCH3 is 1. The first-order valence-corrected chi connectivity index (χ1v) is 4.11. The maximum Gasteiger partial charge on any atom is 0.308 e. The summed E-state index contributed by atoms with van der Waals surface area (Å²) < 4.78 is 4.34. The van der Waals surface area contributed by atoms with Gasteiger partial charge in [-0.25, -0.2) is 0 Å². The van der Waals surface area contributed by atoms with Crippen LogP contribution in [0.2, 0.25) is 0 Å². The number of hydrogen-bond acceptors (Lipinski definition) is 4. The fourth-order valence-electron chi connectivity index (χ4n) is 0.705. The SMILES string of the molecule is CCC(=O)NCC(O)CC(=O)OC. The smallest absolute Gasteiger partial charge is 0.308 e. The number of nitrogens with one attached hydrogen (secondary N) is 1. The summed E-state index contributed by atoms with van der Waals surface area (Å²) in [7, 11) is 1.25. The molecule has 0 radical (unpaired) electrons. The molecule has 0 aliphatic heterocycles. The molecule has 1 unspecified atom stereocenters. The minimum atomic E-state index is -0.872. The van der Waals surface area contributed by atoms with E-state index in [1.54, 1.807) is 6.92 Å².